The Morgan fingerprint density at radius 2 is 1.94 bits per heavy atom. The molecule has 2 atom stereocenters. The summed E-state index contributed by atoms with van der Waals surface area (Å²) in [4.78, 5) is 16.3. The standard InChI is InChI=1S/C14H26N2O2/c1-7-8-15-9-12(3)16(10-11(15)2)13(17)18-14(4,5)6/h7,11-12H,1,8-10H2,2-6H3/t11-,12+/m1/s1. The van der Waals surface area contributed by atoms with Crippen LogP contribution in [-0.2, 0) is 4.74 Å². The van der Waals surface area contributed by atoms with Gasteiger partial charge in [-0.05, 0) is 34.6 Å². The van der Waals surface area contributed by atoms with Gasteiger partial charge in [-0.25, -0.2) is 4.79 Å². The predicted molar refractivity (Wildman–Crippen MR) is 73.6 cm³/mol. The van der Waals surface area contributed by atoms with Crippen molar-refractivity contribution in [2.45, 2.75) is 52.3 Å². The number of piperazine rings is 1. The zero-order chi connectivity index (χ0) is 13.9. The van der Waals surface area contributed by atoms with Gasteiger partial charge >= 0.3 is 6.09 Å². The Bertz CT molecular complexity index is 309. The van der Waals surface area contributed by atoms with Gasteiger partial charge in [-0.3, -0.25) is 4.90 Å². The average Bonchev–Trinajstić information content (AvgIpc) is 2.20. The lowest BCUT2D eigenvalue weighted by Gasteiger charge is -2.43. The van der Waals surface area contributed by atoms with Crippen LogP contribution < -0.4 is 0 Å². The summed E-state index contributed by atoms with van der Waals surface area (Å²) >= 11 is 0. The van der Waals surface area contributed by atoms with Gasteiger partial charge in [0.1, 0.15) is 5.60 Å². The first kappa shape index (κ1) is 15.0. The highest BCUT2D eigenvalue weighted by molar-refractivity contribution is 5.68. The van der Waals surface area contributed by atoms with Crippen molar-refractivity contribution in [3.05, 3.63) is 12.7 Å². The van der Waals surface area contributed by atoms with Crippen LogP contribution in [0.25, 0.3) is 0 Å². The van der Waals surface area contributed by atoms with Gasteiger partial charge in [0.05, 0.1) is 0 Å². The molecule has 18 heavy (non-hydrogen) atoms. The number of carbonyl (C=O) groups excluding carboxylic acids is 1. The minimum Gasteiger partial charge on any atom is -0.444 e. The maximum atomic E-state index is 12.1. The zero-order valence-electron chi connectivity index (χ0n) is 12.3. The molecule has 0 unspecified atom stereocenters. The SMILES string of the molecule is C=CCN1C[C@H](C)N(C(=O)OC(C)(C)C)C[C@H]1C. The number of ether oxygens (including phenoxy) is 1. The molecule has 0 aromatic carbocycles. The molecule has 104 valence electrons. The highest BCUT2D eigenvalue weighted by Crippen LogP contribution is 2.18. The zero-order valence-corrected chi connectivity index (χ0v) is 12.3. The van der Waals surface area contributed by atoms with Crippen LogP contribution >= 0.6 is 0 Å². The summed E-state index contributed by atoms with van der Waals surface area (Å²) in [5.41, 5.74) is -0.432. The summed E-state index contributed by atoms with van der Waals surface area (Å²) in [6, 6.07) is 0.516. The summed E-state index contributed by atoms with van der Waals surface area (Å²) in [5, 5.41) is 0. The lowest BCUT2D eigenvalue weighted by atomic mass is 10.1. The maximum Gasteiger partial charge on any atom is 0.410 e. The molecule has 1 aliphatic rings. The van der Waals surface area contributed by atoms with Crippen molar-refractivity contribution in [2.75, 3.05) is 19.6 Å². The molecule has 1 aliphatic heterocycles. The smallest absolute Gasteiger partial charge is 0.410 e. The molecule has 1 rings (SSSR count). The fourth-order valence-corrected chi connectivity index (χ4v) is 2.19. The Hall–Kier alpha value is -1.03. The van der Waals surface area contributed by atoms with E-state index in [1.165, 1.54) is 0 Å². The molecule has 1 fully saturated rings. The number of carbonyl (C=O) groups is 1. The van der Waals surface area contributed by atoms with Crippen molar-refractivity contribution in [2.24, 2.45) is 0 Å². The Balaban J connectivity index is 2.64. The second-order valence-electron chi connectivity index (χ2n) is 6.07. The summed E-state index contributed by atoms with van der Waals surface area (Å²) in [5.74, 6) is 0. The van der Waals surface area contributed by atoms with Gasteiger partial charge in [0, 0.05) is 31.7 Å². The molecule has 0 bridgehead atoms. The summed E-state index contributed by atoms with van der Waals surface area (Å²) in [6.45, 7) is 16.1. The van der Waals surface area contributed by atoms with E-state index in [0.717, 1.165) is 13.1 Å². The molecule has 0 aromatic heterocycles. The van der Waals surface area contributed by atoms with Gasteiger partial charge < -0.3 is 9.64 Å². The Morgan fingerprint density at radius 3 is 2.44 bits per heavy atom. The molecular weight excluding hydrogens is 228 g/mol. The van der Waals surface area contributed by atoms with Crippen molar-refractivity contribution >= 4 is 6.09 Å². The van der Waals surface area contributed by atoms with E-state index < -0.39 is 5.60 Å². The van der Waals surface area contributed by atoms with Crippen molar-refractivity contribution in [3.8, 4) is 0 Å². The molecule has 1 amide bonds. The van der Waals surface area contributed by atoms with Crippen molar-refractivity contribution < 1.29 is 9.53 Å². The van der Waals surface area contributed by atoms with Crippen LogP contribution in [0, 0.1) is 0 Å². The van der Waals surface area contributed by atoms with E-state index in [9.17, 15) is 4.79 Å². The predicted octanol–water partition coefficient (Wildman–Crippen LogP) is 2.50. The van der Waals surface area contributed by atoms with Gasteiger partial charge in [-0.2, -0.15) is 0 Å². The fourth-order valence-electron chi connectivity index (χ4n) is 2.19. The van der Waals surface area contributed by atoms with E-state index in [1.807, 2.05) is 31.7 Å². The first-order valence-corrected chi connectivity index (χ1v) is 6.59. The van der Waals surface area contributed by atoms with Gasteiger partial charge in [0.25, 0.3) is 0 Å². The largest absolute Gasteiger partial charge is 0.444 e. The molecule has 4 heteroatoms. The molecule has 1 heterocycles. The van der Waals surface area contributed by atoms with E-state index in [0.29, 0.717) is 12.6 Å². The van der Waals surface area contributed by atoms with E-state index in [2.05, 4.69) is 25.3 Å². The highest BCUT2D eigenvalue weighted by Gasteiger charge is 2.33. The van der Waals surface area contributed by atoms with Crippen LogP contribution in [0.2, 0.25) is 0 Å². The van der Waals surface area contributed by atoms with Gasteiger partial charge in [-0.1, -0.05) is 6.08 Å². The van der Waals surface area contributed by atoms with Gasteiger partial charge in [-0.15, -0.1) is 6.58 Å². The Morgan fingerprint density at radius 1 is 1.33 bits per heavy atom. The molecule has 0 radical (unpaired) electrons. The highest BCUT2D eigenvalue weighted by atomic mass is 16.6. The van der Waals surface area contributed by atoms with Gasteiger partial charge in [0.15, 0.2) is 0 Å². The normalized spacial score (nSPS) is 25.9. The second-order valence-corrected chi connectivity index (χ2v) is 6.07. The molecule has 0 N–H and O–H groups in total. The molecular formula is C14H26N2O2. The fraction of sp³-hybridized carbons (Fsp3) is 0.786. The third kappa shape index (κ3) is 4.02. The number of amides is 1. The van der Waals surface area contributed by atoms with Crippen molar-refractivity contribution in [1.29, 1.82) is 0 Å². The third-order valence-electron chi connectivity index (χ3n) is 3.11. The minimum absolute atomic E-state index is 0.177. The maximum absolute atomic E-state index is 12.1. The number of rotatable bonds is 2. The quantitative estimate of drug-likeness (QED) is 0.710. The second kappa shape index (κ2) is 5.74. The first-order chi connectivity index (χ1) is 8.24. The van der Waals surface area contributed by atoms with Crippen LogP contribution in [0.1, 0.15) is 34.6 Å². The number of nitrogens with zero attached hydrogens (tertiary/aromatic N) is 2. The topological polar surface area (TPSA) is 32.8 Å². The summed E-state index contributed by atoms with van der Waals surface area (Å²) in [7, 11) is 0. The monoisotopic (exact) mass is 254 g/mol. The number of hydrogen-bond donors (Lipinski definition) is 0. The van der Waals surface area contributed by atoms with Crippen LogP contribution in [-0.4, -0.2) is 53.2 Å². The summed E-state index contributed by atoms with van der Waals surface area (Å²) in [6.07, 6.45) is 1.70. The molecule has 4 nitrogen and oxygen atoms in total. The van der Waals surface area contributed by atoms with Crippen molar-refractivity contribution in [1.82, 2.24) is 9.80 Å². The molecule has 0 aromatic rings. The van der Waals surface area contributed by atoms with Crippen LogP contribution in [0.4, 0.5) is 4.79 Å². The van der Waals surface area contributed by atoms with E-state index in [-0.39, 0.29) is 12.1 Å². The molecule has 1 saturated heterocycles. The van der Waals surface area contributed by atoms with Crippen LogP contribution in [0.3, 0.4) is 0 Å². The van der Waals surface area contributed by atoms with Crippen molar-refractivity contribution in [3.63, 3.8) is 0 Å². The lowest BCUT2D eigenvalue weighted by molar-refractivity contribution is -0.00787. The lowest BCUT2D eigenvalue weighted by Crippen LogP contribution is -2.58. The van der Waals surface area contributed by atoms with Gasteiger partial charge in [0.2, 0.25) is 0 Å². The molecule has 0 spiro atoms. The van der Waals surface area contributed by atoms with E-state index in [4.69, 9.17) is 4.74 Å². The van der Waals surface area contributed by atoms with Crippen LogP contribution in [0.5, 0.6) is 0 Å². The summed E-state index contributed by atoms with van der Waals surface area (Å²) < 4.78 is 5.44. The first-order valence-electron chi connectivity index (χ1n) is 6.59. The average molecular weight is 254 g/mol. The molecule has 0 saturated carbocycles. The Kier molecular flexibility index (Phi) is 4.79. The van der Waals surface area contributed by atoms with Crippen LogP contribution in [0.15, 0.2) is 12.7 Å². The van der Waals surface area contributed by atoms with E-state index >= 15 is 0 Å². The number of hydrogen-bond acceptors (Lipinski definition) is 3. The van der Waals surface area contributed by atoms with E-state index in [1.54, 1.807) is 0 Å². The molecule has 0 aliphatic carbocycles. The Labute approximate surface area is 111 Å². The minimum atomic E-state index is -0.432. The third-order valence-corrected chi connectivity index (χ3v) is 3.11.